The third-order valence-electron chi connectivity index (χ3n) is 1.17. The molecule has 2 N–H and O–H groups in total. The fourth-order valence-corrected chi connectivity index (χ4v) is 1.72. The molecule has 56 valence electrons. The molecule has 2 atom stereocenters. The van der Waals surface area contributed by atoms with E-state index in [1.54, 1.807) is 0 Å². The van der Waals surface area contributed by atoms with Crippen LogP contribution in [0, 0.1) is 0 Å². The van der Waals surface area contributed by atoms with Crippen molar-refractivity contribution in [2.75, 3.05) is 5.88 Å². The number of alkyl halides is 1. The van der Waals surface area contributed by atoms with Gasteiger partial charge in [0.25, 0.3) is 0 Å². The Kier molecular flexibility index (Phi) is 4.74. The normalized spacial score (nSPS) is 18.5. The first kappa shape index (κ1) is 11.2. The van der Waals surface area contributed by atoms with E-state index >= 15 is 0 Å². The molecule has 0 aliphatic rings. The van der Waals surface area contributed by atoms with Crippen molar-refractivity contribution in [1.82, 2.24) is 0 Å². The Labute approximate surface area is 81.7 Å². The molecule has 2 unspecified atom stereocenters. The maximum absolute atomic E-state index is 10.3. The molecule has 7 heteroatoms. The molecule has 0 aliphatic carbocycles. The molecule has 0 fully saturated rings. The minimum absolute atomic E-state index is 0.169. The first-order chi connectivity index (χ1) is 4.39. The molecular formula is C3H6ClNaO4S. The van der Waals surface area contributed by atoms with Gasteiger partial charge >= 0.3 is 82.2 Å². The van der Waals surface area contributed by atoms with E-state index in [1.807, 2.05) is 0 Å². The molecule has 4 nitrogen and oxygen atoms in total. The molecule has 0 spiro atoms. The van der Waals surface area contributed by atoms with Crippen LogP contribution < -0.4 is 0 Å². The summed E-state index contributed by atoms with van der Waals surface area (Å²) in [5.74, 6) is -0.173. The third kappa shape index (κ3) is 3.52. The van der Waals surface area contributed by atoms with Crippen molar-refractivity contribution in [3.8, 4) is 0 Å². The first-order valence-corrected chi connectivity index (χ1v) is 5.79. The van der Waals surface area contributed by atoms with Gasteiger partial charge in [-0.25, -0.2) is 0 Å². The predicted octanol–water partition coefficient (Wildman–Crippen LogP) is -1.03. The molecule has 0 amide bonds. The average molecular weight is 197 g/mol. The fourth-order valence-electron chi connectivity index (χ4n) is 0.324. The minimum atomic E-state index is -4.09. The first-order valence-electron chi connectivity index (χ1n) is 2.60. The van der Waals surface area contributed by atoms with Gasteiger partial charge < -0.3 is 0 Å². The topological polar surface area (TPSA) is 74.6 Å². The monoisotopic (exact) mass is 196 g/mol. The number of aliphatic hydroxyl groups is 1. The Morgan fingerprint density at radius 2 is 2.00 bits per heavy atom. The number of halogens is 1. The number of hydrogen-bond donors (Lipinski definition) is 2. The van der Waals surface area contributed by atoms with Gasteiger partial charge in [-0.15, -0.1) is 0 Å². The van der Waals surface area contributed by atoms with Crippen molar-refractivity contribution in [1.29, 1.82) is 0 Å². The number of aliphatic hydroxyl groups excluding tert-OH is 1. The van der Waals surface area contributed by atoms with Gasteiger partial charge in [-0.2, -0.15) is 0 Å². The van der Waals surface area contributed by atoms with E-state index in [-0.39, 0.29) is 33.8 Å². The van der Waals surface area contributed by atoms with Gasteiger partial charge in [0.15, 0.2) is 0 Å². The van der Waals surface area contributed by atoms with E-state index < -0.39 is 18.7 Å². The Morgan fingerprint density at radius 3 is 2.10 bits per heavy atom. The summed E-state index contributed by atoms with van der Waals surface area (Å²) in [7, 11) is -4.09. The third-order valence-corrected chi connectivity index (χ3v) is 5.30. The molecule has 0 aliphatic heterocycles. The van der Waals surface area contributed by atoms with Crippen LogP contribution in [0.3, 0.4) is 0 Å². The fraction of sp³-hybridized carbons (Fsp3) is 1.00. The zero-order chi connectivity index (χ0) is 8.36. The molecule has 0 aromatic rings. The molecular weight excluding hydrogens is 191 g/mol. The van der Waals surface area contributed by atoms with Crippen molar-refractivity contribution in [2.24, 2.45) is 0 Å². The second-order valence-corrected chi connectivity index (χ2v) is 6.10. The van der Waals surface area contributed by atoms with E-state index in [9.17, 15) is 8.42 Å². The SMILES string of the molecule is O=S(=O)(O)[CH]([Na])C(O)CCl. The van der Waals surface area contributed by atoms with Gasteiger partial charge in [-0.05, 0) is 0 Å². The van der Waals surface area contributed by atoms with Crippen LogP contribution in [0.1, 0.15) is 0 Å². The van der Waals surface area contributed by atoms with E-state index in [0.29, 0.717) is 0 Å². The summed E-state index contributed by atoms with van der Waals surface area (Å²) in [4.78, 5) is 0. The molecule has 0 bridgehead atoms. The predicted molar refractivity (Wildman–Crippen MR) is 37.8 cm³/mol. The maximum atomic E-state index is 10.3. The van der Waals surface area contributed by atoms with Gasteiger partial charge in [-0.1, -0.05) is 0 Å². The van der Waals surface area contributed by atoms with Crippen molar-refractivity contribution in [3.05, 3.63) is 0 Å². The van der Waals surface area contributed by atoms with Crippen molar-refractivity contribution < 1.29 is 18.1 Å². The van der Waals surface area contributed by atoms with Crippen LogP contribution in [0.4, 0.5) is 0 Å². The van der Waals surface area contributed by atoms with Crippen LogP contribution in [-0.4, -0.2) is 60.5 Å². The van der Waals surface area contributed by atoms with Gasteiger partial charge in [0.2, 0.25) is 0 Å². The molecule has 0 heterocycles. The van der Waals surface area contributed by atoms with E-state index in [2.05, 4.69) is 0 Å². The van der Waals surface area contributed by atoms with Gasteiger partial charge in [0.1, 0.15) is 0 Å². The zero-order valence-electron chi connectivity index (χ0n) is 5.36. The average Bonchev–Trinajstić information content (AvgIpc) is 1.83. The van der Waals surface area contributed by atoms with E-state index in [1.165, 1.54) is 0 Å². The summed E-state index contributed by atoms with van der Waals surface area (Å²) in [5, 5.41) is 8.83. The number of rotatable bonds is 3. The Balaban J connectivity index is 4.23. The summed E-state index contributed by atoms with van der Waals surface area (Å²) in [6, 6.07) is 0. The molecule has 0 saturated carbocycles. The Hall–Kier alpha value is 1.16. The van der Waals surface area contributed by atoms with Crippen LogP contribution in [0.5, 0.6) is 0 Å². The molecule has 0 rings (SSSR count). The summed E-state index contributed by atoms with van der Waals surface area (Å²) < 4.78 is 27.9. The summed E-state index contributed by atoms with van der Waals surface area (Å²) in [6.45, 7) is 0. The summed E-state index contributed by atoms with van der Waals surface area (Å²) in [6.07, 6.45) is -1.15. The van der Waals surface area contributed by atoms with Crippen molar-refractivity contribution in [2.45, 2.75) is 8.60 Å². The van der Waals surface area contributed by atoms with Crippen LogP contribution in [0.2, 0.25) is 0 Å². The van der Waals surface area contributed by atoms with Gasteiger partial charge in [0.05, 0.1) is 0 Å². The standard InChI is InChI=1S/C3H6ClO4S.Na/c4-1-3(5)2-9(6,7)8;/h2-3,5H,1H2,(H,6,7,8);. The van der Waals surface area contributed by atoms with Crippen LogP contribution >= 0.6 is 11.6 Å². The quantitative estimate of drug-likeness (QED) is 0.344. The molecule has 10 heavy (non-hydrogen) atoms. The van der Waals surface area contributed by atoms with Crippen LogP contribution in [0.15, 0.2) is 0 Å². The Morgan fingerprint density at radius 1 is 1.60 bits per heavy atom. The molecule has 0 radical (unpaired) electrons. The molecule has 0 saturated heterocycles. The Bertz CT molecular complexity index is 191. The molecule has 0 aromatic heterocycles. The van der Waals surface area contributed by atoms with E-state index in [0.717, 1.165) is 0 Å². The van der Waals surface area contributed by atoms with Crippen molar-refractivity contribution >= 4 is 49.6 Å². The number of hydrogen-bond acceptors (Lipinski definition) is 3. The van der Waals surface area contributed by atoms with Crippen molar-refractivity contribution in [3.63, 3.8) is 0 Å². The summed E-state index contributed by atoms with van der Waals surface area (Å²) in [5.41, 5.74) is 0. The second-order valence-electron chi connectivity index (χ2n) is 1.94. The molecule has 0 aromatic carbocycles. The van der Waals surface area contributed by atoms with Gasteiger partial charge in [-0.3, -0.25) is 0 Å². The summed E-state index contributed by atoms with van der Waals surface area (Å²) >= 11 is 5.32. The van der Waals surface area contributed by atoms with Gasteiger partial charge in [0, 0.05) is 0 Å². The van der Waals surface area contributed by atoms with Crippen LogP contribution in [0.25, 0.3) is 0 Å². The van der Waals surface area contributed by atoms with Crippen LogP contribution in [-0.2, 0) is 10.1 Å². The second kappa shape index (κ2) is 4.25. The zero-order valence-corrected chi connectivity index (χ0v) is 8.93. The van der Waals surface area contributed by atoms with E-state index in [4.69, 9.17) is 21.3 Å².